The van der Waals surface area contributed by atoms with Gasteiger partial charge in [0.1, 0.15) is 0 Å². The molecule has 7 heteroatoms. The molecule has 3 rings (SSSR count). The van der Waals surface area contributed by atoms with Gasteiger partial charge in [-0.1, -0.05) is 12.1 Å². The van der Waals surface area contributed by atoms with E-state index in [4.69, 9.17) is 0 Å². The number of carbonyl (C=O) groups is 2. The number of amides is 2. The average molecular weight is 381 g/mol. The number of hydrogen-bond acceptors (Lipinski definition) is 5. The van der Waals surface area contributed by atoms with Gasteiger partial charge in [-0.3, -0.25) is 24.5 Å². The van der Waals surface area contributed by atoms with E-state index in [0.717, 1.165) is 48.6 Å². The maximum atomic E-state index is 12.1. The van der Waals surface area contributed by atoms with Crippen LogP contribution in [0.5, 0.6) is 0 Å². The van der Waals surface area contributed by atoms with Crippen LogP contribution in [0, 0.1) is 0 Å². The van der Waals surface area contributed by atoms with Gasteiger partial charge in [-0.2, -0.15) is 0 Å². The molecule has 0 bridgehead atoms. The summed E-state index contributed by atoms with van der Waals surface area (Å²) in [5.74, 6) is 0.227. The molecule has 0 spiro atoms. The maximum Gasteiger partial charge on any atom is 0.236 e. The van der Waals surface area contributed by atoms with Crippen LogP contribution in [0.1, 0.15) is 31.4 Å². The molecule has 2 amide bonds. The summed E-state index contributed by atoms with van der Waals surface area (Å²) in [6, 6.07) is 7.66. The summed E-state index contributed by atoms with van der Waals surface area (Å²) in [4.78, 5) is 36.5. The molecule has 1 fully saturated rings. The van der Waals surface area contributed by atoms with E-state index >= 15 is 0 Å². The Bertz CT molecular complexity index is 852. The Hall–Kier alpha value is -2.80. The van der Waals surface area contributed by atoms with E-state index in [2.05, 4.69) is 20.2 Å². The standard InChI is InChI=1S/C21H27N5O2/c1-15(27)24-18-8-4-6-16(12-18)20-21(23-10-9-22-20)17-7-5-11-26(13-17)14-19(28)25(2)3/h4,6,8-10,12,17H,5,7,11,13-14H2,1-3H3,(H,24,27)/t17-/m0/s1. The lowest BCUT2D eigenvalue weighted by molar-refractivity contribution is -0.130. The zero-order valence-electron chi connectivity index (χ0n) is 16.7. The summed E-state index contributed by atoms with van der Waals surface area (Å²) in [6.45, 7) is 3.63. The van der Waals surface area contributed by atoms with Crippen molar-refractivity contribution in [2.75, 3.05) is 39.0 Å². The van der Waals surface area contributed by atoms with Gasteiger partial charge < -0.3 is 10.2 Å². The van der Waals surface area contributed by atoms with Gasteiger partial charge in [0.25, 0.3) is 0 Å². The molecule has 0 saturated carbocycles. The van der Waals surface area contributed by atoms with E-state index in [0.29, 0.717) is 6.54 Å². The van der Waals surface area contributed by atoms with E-state index in [1.54, 1.807) is 31.4 Å². The van der Waals surface area contributed by atoms with Crippen molar-refractivity contribution >= 4 is 17.5 Å². The first-order chi connectivity index (χ1) is 13.4. The van der Waals surface area contributed by atoms with Crippen molar-refractivity contribution in [3.8, 4) is 11.3 Å². The molecule has 0 aliphatic carbocycles. The lowest BCUT2D eigenvalue weighted by atomic mass is 9.91. The molecule has 7 nitrogen and oxygen atoms in total. The fraction of sp³-hybridized carbons (Fsp3) is 0.429. The van der Waals surface area contributed by atoms with Crippen LogP contribution < -0.4 is 5.32 Å². The molecule has 148 valence electrons. The molecule has 0 radical (unpaired) electrons. The molecular formula is C21H27N5O2. The van der Waals surface area contributed by atoms with E-state index in [1.165, 1.54) is 6.92 Å². The van der Waals surface area contributed by atoms with Gasteiger partial charge in [0.05, 0.1) is 17.9 Å². The number of benzene rings is 1. The minimum atomic E-state index is -0.106. The van der Waals surface area contributed by atoms with Crippen LogP contribution >= 0.6 is 0 Å². The van der Waals surface area contributed by atoms with Gasteiger partial charge in [-0.15, -0.1) is 0 Å². The lowest BCUT2D eigenvalue weighted by Crippen LogP contribution is -2.41. The summed E-state index contributed by atoms with van der Waals surface area (Å²) >= 11 is 0. The first-order valence-corrected chi connectivity index (χ1v) is 9.55. The molecule has 1 saturated heterocycles. The van der Waals surface area contributed by atoms with Crippen LogP contribution in [0.3, 0.4) is 0 Å². The number of anilines is 1. The van der Waals surface area contributed by atoms with E-state index in [9.17, 15) is 9.59 Å². The third kappa shape index (κ3) is 4.92. The normalized spacial score (nSPS) is 17.2. The zero-order chi connectivity index (χ0) is 20.1. The SMILES string of the molecule is CC(=O)Nc1cccc(-c2nccnc2[C@H]2CCCN(CC(=O)N(C)C)C2)c1. The quantitative estimate of drug-likeness (QED) is 0.860. The Morgan fingerprint density at radius 2 is 2.04 bits per heavy atom. The Balaban J connectivity index is 1.84. The van der Waals surface area contributed by atoms with Gasteiger partial charge in [0.15, 0.2) is 0 Å². The highest BCUT2D eigenvalue weighted by molar-refractivity contribution is 5.89. The number of aromatic nitrogens is 2. The third-order valence-corrected chi connectivity index (χ3v) is 4.93. The van der Waals surface area contributed by atoms with Crippen molar-refractivity contribution in [2.45, 2.75) is 25.7 Å². The molecular weight excluding hydrogens is 354 g/mol. The van der Waals surface area contributed by atoms with Crippen molar-refractivity contribution < 1.29 is 9.59 Å². The first-order valence-electron chi connectivity index (χ1n) is 9.55. The average Bonchev–Trinajstić information content (AvgIpc) is 2.68. The van der Waals surface area contributed by atoms with Crippen LogP contribution in [0.4, 0.5) is 5.69 Å². The predicted octanol–water partition coefficient (Wildman–Crippen LogP) is 2.37. The Morgan fingerprint density at radius 1 is 1.25 bits per heavy atom. The molecule has 1 aromatic carbocycles. The van der Waals surface area contributed by atoms with Gasteiger partial charge >= 0.3 is 0 Å². The Morgan fingerprint density at radius 3 is 2.79 bits per heavy atom. The Kier molecular flexibility index (Phi) is 6.36. The number of rotatable bonds is 5. The molecule has 1 atom stereocenters. The monoisotopic (exact) mass is 381 g/mol. The minimum Gasteiger partial charge on any atom is -0.348 e. The smallest absolute Gasteiger partial charge is 0.236 e. The number of hydrogen-bond donors (Lipinski definition) is 1. The van der Waals surface area contributed by atoms with Crippen molar-refractivity contribution in [2.24, 2.45) is 0 Å². The first kappa shape index (κ1) is 19.9. The number of likely N-dealkylation sites (tertiary alicyclic amines) is 1. The summed E-state index contributed by atoms with van der Waals surface area (Å²) in [6.07, 6.45) is 5.46. The number of nitrogens with one attached hydrogen (secondary N) is 1. The van der Waals surface area contributed by atoms with Crippen molar-refractivity contribution in [3.63, 3.8) is 0 Å². The third-order valence-electron chi connectivity index (χ3n) is 4.93. The number of likely N-dealkylation sites (N-methyl/N-ethyl adjacent to an activating group) is 1. The van der Waals surface area contributed by atoms with Crippen LogP contribution in [-0.2, 0) is 9.59 Å². The van der Waals surface area contributed by atoms with Gasteiger partial charge in [-0.25, -0.2) is 0 Å². The van der Waals surface area contributed by atoms with Crippen molar-refractivity contribution in [3.05, 3.63) is 42.4 Å². The zero-order valence-corrected chi connectivity index (χ0v) is 16.7. The van der Waals surface area contributed by atoms with Crippen molar-refractivity contribution in [1.29, 1.82) is 0 Å². The number of piperidine rings is 1. The van der Waals surface area contributed by atoms with E-state index in [-0.39, 0.29) is 17.7 Å². The van der Waals surface area contributed by atoms with Gasteiger partial charge in [-0.05, 0) is 31.5 Å². The molecule has 1 aromatic heterocycles. The van der Waals surface area contributed by atoms with Gasteiger partial charge in [0.2, 0.25) is 11.8 Å². The summed E-state index contributed by atoms with van der Waals surface area (Å²) in [5, 5.41) is 2.82. The highest BCUT2D eigenvalue weighted by Gasteiger charge is 2.26. The molecule has 1 aliphatic rings. The van der Waals surface area contributed by atoms with Gasteiger partial charge in [0, 0.05) is 57.1 Å². The maximum absolute atomic E-state index is 12.1. The number of nitrogens with zero attached hydrogens (tertiary/aromatic N) is 4. The van der Waals surface area contributed by atoms with Crippen LogP contribution in [-0.4, -0.2) is 65.3 Å². The lowest BCUT2D eigenvalue weighted by Gasteiger charge is -2.33. The molecule has 1 aliphatic heterocycles. The largest absolute Gasteiger partial charge is 0.348 e. The summed E-state index contributed by atoms with van der Waals surface area (Å²) in [5.41, 5.74) is 3.45. The molecule has 28 heavy (non-hydrogen) atoms. The van der Waals surface area contributed by atoms with Crippen LogP contribution in [0.2, 0.25) is 0 Å². The van der Waals surface area contributed by atoms with E-state index in [1.807, 2.05) is 24.3 Å². The second-order valence-electron chi connectivity index (χ2n) is 7.41. The van der Waals surface area contributed by atoms with Crippen LogP contribution in [0.15, 0.2) is 36.7 Å². The predicted molar refractivity (Wildman–Crippen MR) is 109 cm³/mol. The fourth-order valence-corrected chi connectivity index (χ4v) is 3.57. The summed E-state index contributed by atoms with van der Waals surface area (Å²) in [7, 11) is 3.57. The Labute approximate surface area is 165 Å². The summed E-state index contributed by atoms with van der Waals surface area (Å²) < 4.78 is 0. The number of carbonyl (C=O) groups excluding carboxylic acids is 2. The highest BCUT2D eigenvalue weighted by atomic mass is 16.2. The fourth-order valence-electron chi connectivity index (χ4n) is 3.57. The van der Waals surface area contributed by atoms with Crippen molar-refractivity contribution in [1.82, 2.24) is 19.8 Å². The molecule has 0 unspecified atom stereocenters. The molecule has 2 heterocycles. The second kappa shape index (κ2) is 8.93. The highest BCUT2D eigenvalue weighted by Crippen LogP contribution is 2.32. The minimum absolute atomic E-state index is 0.106. The molecule has 1 N–H and O–H groups in total. The second-order valence-corrected chi connectivity index (χ2v) is 7.41. The molecule has 2 aromatic rings. The van der Waals surface area contributed by atoms with Crippen LogP contribution in [0.25, 0.3) is 11.3 Å². The topological polar surface area (TPSA) is 78.4 Å². The van der Waals surface area contributed by atoms with E-state index < -0.39 is 0 Å².